The second kappa shape index (κ2) is 6.19. The minimum absolute atomic E-state index is 0.324. The summed E-state index contributed by atoms with van der Waals surface area (Å²) in [7, 11) is 0. The summed E-state index contributed by atoms with van der Waals surface area (Å²) in [5.41, 5.74) is 2.71. The van der Waals surface area contributed by atoms with Gasteiger partial charge in [0.25, 0.3) is 0 Å². The molecule has 2 atom stereocenters. The quantitative estimate of drug-likeness (QED) is 0.907. The number of hydrogen-bond donors (Lipinski definition) is 1. The maximum atomic E-state index is 9.57. The first-order valence-corrected chi connectivity index (χ1v) is 7.40. The Morgan fingerprint density at radius 3 is 2.65 bits per heavy atom. The zero-order valence-corrected chi connectivity index (χ0v) is 12.8. The number of rotatable bonds is 3. The van der Waals surface area contributed by atoms with Gasteiger partial charge in [-0.2, -0.15) is 10.4 Å². The van der Waals surface area contributed by atoms with E-state index in [-0.39, 0.29) is 0 Å². The van der Waals surface area contributed by atoms with E-state index >= 15 is 0 Å². The molecule has 5 heteroatoms. The third kappa shape index (κ3) is 2.61. The van der Waals surface area contributed by atoms with Crippen LogP contribution in [0, 0.1) is 11.3 Å². The van der Waals surface area contributed by atoms with Crippen molar-refractivity contribution in [1.29, 1.82) is 5.26 Å². The lowest BCUT2D eigenvalue weighted by Gasteiger charge is -2.38. The molecular formula is C15H23N5. The van der Waals surface area contributed by atoms with Crippen LogP contribution in [-0.2, 0) is 12.8 Å². The Morgan fingerprint density at radius 2 is 2.05 bits per heavy atom. The molecule has 2 rings (SSSR count). The molecule has 1 saturated heterocycles. The highest BCUT2D eigenvalue weighted by molar-refractivity contribution is 5.59. The van der Waals surface area contributed by atoms with Crippen LogP contribution in [-0.4, -0.2) is 35.4 Å². The van der Waals surface area contributed by atoms with Gasteiger partial charge in [-0.3, -0.25) is 0 Å². The zero-order valence-electron chi connectivity index (χ0n) is 12.8. The van der Waals surface area contributed by atoms with Crippen molar-refractivity contribution in [3.63, 3.8) is 0 Å². The maximum absolute atomic E-state index is 9.57. The summed E-state index contributed by atoms with van der Waals surface area (Å²) >= 11 is 0. The number of anilines is 1. The van der Waals surface area contributed by atoms with Crippen molar-refractivity contribution in [2.24, 2.45) is 0 Å². The van der Waals surface area contributed by atoms with Gasteiger partial charge in [0.05, 0.1) is 5.69 Å². The molecule has 1 N–H and O–H groups in total. The van der Waals surface area contributed by atoms with Crippen molar-refractivity contribution in [2.45, 2.75) is 52.6 Å². The van der Waals surface area contributed by atoms with E-state index in [9.17, 15) is 5.26 Å². The smallest absolute Gasteiger partial charge is 0.169 e. The third-order valence-electron chi connectivity index (χ3n) is 3.98. The van der Waals surface area contributed by atoms with Crippen molar-refractivity contribution in [3.8, 4) is 6.07 Å². The lowest BCUT2D eigenvalue weighted by molar-refractivity contribution is 0.421. The Bertz CT molecular complexity index is 520. The van der Waals surface area contributed by atoms with Crippen LogP contribution in [0.5, 0.6) is 0 Å². The Labute approximate surface area is 121 Å². The molecule has 1 aromatic heterocycles. The van der Waals surface area contributed by atoms with E-state index in [0.29, 0.717) is 17.6 Å². The minimum Gasteiger partial charge on any atom is -0.348 e. The van der Waals surface area contributed by atoms with Gasteiger partial charge < -0.3 is 10.2 Å². The number of nitrogens with one attached hydrogen (secondary N) is 1. The monoisotopic (exact) mass is 273 g/mol. The summed E-state index contributed by atoms with van der Waals surface area (Å²) in [6.45, 7) is 10.2. The van der Waals surface area contributed by atoms with Crippen LogP contribution in [0.3, 0.4) is 0 Å². The van der Waals surface area contributed by atoms with Crippen LogP contribution >= 0.6 is 0 Å². The predicted octanol–water partition coefficient (Wildman–Crippen LogP) is 1.66. The fourth-order valence-corrected chi connectivity index (χ4v) is 2.80. The molecule has 0 saturated carbocycles. The summed E-state index contributed by atoms with van der Waals surface area (Å²) in [5, 5.41) is 21.7. The van der Waals surface area contributed by atoms with Gasteiger partial charge in [0.1, 0.15) is 11.6 Å². The fourth-order valence-electron chi connectivity index (χ4n) is 2.80. The predicted molar refractivity (Wildman–Crippen MR) is 79.8 cm³/mol. The Balaban J connectivity index is 2.48. The molecule has 1 fully saturated rings. The molecule has 20 heavy (non-hydrogen) atoms. The summed E-state index contributed by atoms with van der Waals surface area (Å²) < 4.78 is 0. The van der Waals surface area contributed by atoms with E-state index in [1.165, 1.54) is 0 Å². The molecule has 5 nitrogen and oxygen atoms in total. The summed E-state index contributed by atoms with van der Waals surface area (Å²) in [4.78, 5) is 2.21. The number of nitrogens with zero attached hydrogens (tertiary/aromatic N) is 4. The molecule has 0 radical (unpaired) electrons. The molecule has 0 spiro atoms. The topological polar surface area (TPSA) is 64.8 Å². The van der Waals surface area contributed by atoms with Crippen molar-refractivity contribution in [3.05, 3.63) is 16.8 Å². The van der Waals surface area contributed by atoms with Gasteiger partial charge in [-0.1, -0.05) is 13.8 Å². The lowest BCUT2D eigenvalue weighted by Crippen LogP contribution is -2.55. The van der Waals surface area contributed by atoms with Crippen LogP contribution in [0.15, 0.2) is 0 Å². The van der Waals surface area contributed by atoms with Crippen LogP contribution in [0.4, 0.5) is 5.82 Å². The van der Waals surface area contributed by atoms with Crippen molar-refractivity contribution in [2.75, 3.05) is 18.0 Å². The molecule has 2 heterocycles. The Kier molecular flexibility index (Phi) is 4.56. The van der Waals surface area contributed by atoms with Crippen molar-refractivity contribution < 1.29 is 0 Å². The van der Waals surface area contributed by atoms with Crippen LogP contribution in [0.25, 0.3) is 0 Å². The highest BCUT2D eigenvalue weighted by atomic mass is 15.3. The summed E-state index contributed by atoms with van der Waals surface area (Å²) in [5.74, 6) is 0.752. The van der Waals surface area contributed by atoms with Gasteiger partial charge in [0.15, 0.2) is 5.82 Å². The first kappa shape index (κ1) is 14.7. The van der Waals surface area contributed by atoms with E-state index in [1.54, 1.807) is 0 Å². The third-order valence-corrected chi connectivity index (χ3v) is 3.98. The van der Waals surface area contributed by atoms with Crippen molar-refractivity contribution in [1.82, 2.24) is 15.5 Å². The molecule has 0 amide bonds. The molecule has 0 aliphatic carbocycles. The van der Waals surface area contributed by atoms with Crippen LogP contribution < -0.4 is 10.2 Å². The second-order valence-corrected chi connectivity index (χ2v) is 5.45. The van der Waals surface area contributed by atoms with Crippen molar-refractivity contribution >= 4 is 5.82 Å². The summed E-state index contributed by atoms with van der Waals surface area (Å²) in [6, 6.07) is 3.08. The minimum atomic E-state index is 0.324. The number of piperazine rings is 1. The molecule has 1 aliphatic rings. The standard InChI is InChI=1S/C15H23N5/c1-5-12-13(7-16)15(19-18-14(12)6-2)20-9-10(3)17-8-11(20)4/h10-11,17H,5-6,8-9H2,1-4H3. The molecule has 0 bridgehead atoms. The molecule has 2 unspecified atom stereocenters. The van der Waals surface area contributed by atoms with Gasteiger partial charge in [-0.15, -0.1) is 5.10 Å². The first-order chi connectivity index (χ1) is 9.62. The van der Waals surface area contributed by atoms with Crippen LogP contribution in [0.1, 0.15) is 44.5 Å². The highest BCUT2D eigenvalue weighted by Crippen LogP contribution is 2.25. The number of aromatic nitrogens is 2. The number of nitriles is 1. The van der Waals surface area contributed by atoms with E-state index in [4.69, 9.17) is 0 Å². The molecule has 1 aliphatic heterocycles. The first-order valence-electron chi connectivity index (χ1n) is 7.40. The highest BCUT2D eigenvalue weighted by Gasteiger charge is 2.27. The maximum Gasteiger partial charge on any atom is 0.169 e. The second-order valence-electron chi connectivity index (χ2n) is 5.45. The largest absolute Gasteiger partial charge is 0.348 e. The van der Waals surface area contributed by atoms with Gasteiger partial charge in [0.2, 0.25) is 0 Å². The Hall–Kier alpha value is -1.67. The Morgan fingerprint density at radius 1 is 1.30 bits per heavy atom. The van der Waals surface area contributed by atoms with E-state index in [1.807, 2.05) is 0 Å². The zero-order chi connectivity index (χ0) is 14.7. The molecule has 1 aromatic rings. The molecule has 108 valence electrons. The van der Waals surface area contributed by atoms with Gasteiger partial charge in [-0.05, 0) is 32.3 Å². The summed E-state index contributed by atoms with van der Waals surface area (Å²) in [6.07, 6.45) is 1.64. The van der Waals surface area contributed by atoms with E-state index in [0.717, 1.165) is 43.0 Å². The average Bonchev–Trinajstić information content (AvgIpc) is 2.47. The normalized spacial score (nSPS) is 22.6. The van der Waals surface area contributed by atoms with E-state index in [2.05, 4.69) is 54.2 Å². The lowest BCUT2D eigenvalue weighted by atomic mass is 10.0. The molecule has 0 aromatic carbocycles. The molecular weight excluding hydrogens is 250 g/mol. The SMILES string of the molecule is CCc1nnc(N2CC(C)NCC2C)c(C#N)c1CC. The number of aryl methyl sites for hydroxylation is 1. The van der Waals surface area contributed by atoms with E-state index < -0.39 is 0 Å². The number of hydrogen-bond acceptors (Lipinski definition) is 5. The van der Waals surface area contributed by atoms with Gasteiger partial charge in [0, 0.05) is 25.2 Å². The fraction of sp³-hybridized carbons (Fsp3) is 0.667. The van der Waals surface area contributed by atoms with Gasteiger partial charge >= 0.3 is 0 Å². The van der Waals surface area contributed by atoms with Gasteiger partial charge in [-0.25, -0.2) is 0 Å². The average molecular weight is 273 g/mol. The van der Waals surface area contributed by atoms with Crippen LogP contribution in [0.2, 0.25) is 0 Å².